The molecule has 1 heterocycles. The number of nitrogens with zero attached hydrogens (tertiary/aromatic N) is 5. The van der Waals surface area contributed by atoms with Gasteiger partial charge in [0, 0.05) is 46.2 Å². The zero-order chi connectivity index (χ0) is 19.5. The molecule has 0 atom stereocenters. The van der Waals surface area contributed by atoms with Crippen molar-refractivity contribution in [3.05, 3.63) is 42.2 Å². The van der Waals surface area contributed by atoms with Crippen LogP contribution in [0.1, 0.15) is 26.1 Å². The molecule has 0 fully saturated rings. The molecule has 1 aromatic heterocycles. The van der Waals surface area contributed by atoms with Crippen molar-refractivity contribution in [3.8, 4) is 0 Å². The minimum atomic E-state index is -0.195. The van der Waals surface area contributed by atoms with Crippen molar-refractivity contribution in [1.29, 1.82) is 0 Å². The van der Waals surface area contributed by atoms with Crippen molar-refractivity contribution < 1.29 is 4.39 Å². The number of guanidine groups is 1. The fourth-order valence-corrected chi connectivity index (χ4v) is 2.76. The van der Waals surface area contributed by atoms with E-state index in [4.69, 9.17) is 0 Å². The van der Waals surface area contributed by atoms with E-state index in [1.807, 2.05) is 29.5 Å². The molecule has 0 bridgehead atoms. The van der Waals surface area contributed by atoms with Gasteiger partial charge in [0.25, 0.3) is 0 Å². The van der Waals surface area contributed by atoms with Gasteiger partial charge in [0.2, 0.25) is 0 Å². The summed E-state index contributed by atoms with van der Waals surface area (Å²) in [6.07, 6.45) is 3.46. The molecule has 0 aliphatic carbocycles. The summed E-state index contributed by atoms with van der Waals surface area (Å²) in [6.45, 7) is 7.84. The van der Waals surface area contributed by atoms with E-state index >= 15 is 0 Å². The summed E-state index contributed by atoms with van der Waals surface area (Å²) in [5.41, 5.74) is 0.618. The summed E-state index contributed by atoms with van der Waals surface area (Å²) in [6, 6.07) is 6.82. The second-order valence-corrected chi connectivity index (χ2v) is 6.21. The van der Waals surface area contributed by atoms with Gasteiger partial charge in [-0.2, -0.15) is 0 Å². The third-order valence-electron chi connectivity index (χ3n) is 4.19. The number of hydrogen-bond acceptors (Lipinski definition) is 4. The number of benzene rings is 1. The number of hydrogen-bond donors (Lipinski definition) is 2. The lowest BCUT2D eigenvalue weighted by Crippen LogP contribution is -2.39. The van der Waals surface area contributed by atoms with Gasteiger partial charge in [-0.05, 0) is 25.5 Å². The molecule has 0 unspecified atom stereocenters. The van der Waals surface area contributed by atoms with Gasteiger partial charge in [-0.25, -0.2) is 4.39 Å². The normalized spacial score (nSPS) is 11.1. The minimum absolute atomic E-state index is 0. The van der Waals surface area contributed by atoms with E-state index in [1.54, 1.807) is 18.5 Å². The van der Waals surface area contributed by atoms with E-state index in [2.05, 4.69) is 32.7 Å². The van der Waals surface area contributed by atoms with Crippen molar-refractivity contribution in [2.75, 3.05) is 38.1 Å². The zero-order valence-electron chi connectivity index (χ0n) is 16.9. The standard InChI is InChI=1S/C19H30FN7.HI/c1-4-18-25-24-15-27(18)14-12-23-19(21-5-2)22-11-8-13-26(3)17-10-7-6-9-16(17)20;/h6-7,9-10,15H,4-5,8,11-14H2,1-3H3,(H2,21,22,23);1H. The van der Waals surface area contributed by atoms with Crippen LogP contribution in [0.2, 0.25) is 0 Å². The predicted octanol–water partition coefficient (Wildman–Crippen LogP) is 2.68. The molecule has 156 valence electrons. The number of aromatic nitrogens is 3. The largest absolute Gasteiger partial charge is 0.372 e. The number of anilines is 1. The van der Waals surface area contributed by atoms with Crippen LogP contribution in [0.15, 0.2) is 35.6 Å². The van der Waals surface area contributed by atoms with Crippen LogP contribution in [0.25, 0.3) is 0 Å². The van der Waals surface area contributed by atoms with Gasteiger partial charge >= 0.3 is 0 Å². The van der Waals surface area contributed by atoms with Crippen LogP contribution in [0, 0.1) is 5.82 Å². The Labute approximate surface area is 183 Å². The van der Waals surface area contributed by atoms with E-state index < -0.39 is 0 Å². The van der Waals surface area contributed by atoms with Crippen LogP contribution in [0.4, 0.5) is 10.1 Å². The lowest BCUT2D eigenvalue weighted by Gasteiger charge is -2.19. The Morgan fingerprint density at radius 2 is 2.04 bits per heavy atom. The van der Waals surface area contributed by atoms with Crippen molar-refractivity contribution in [2.24, 2.45) is 4.99 Å². The van der Waals surface area contributed by atoms with Crippen molar-refractivity contribution in [2.45, 2.75) is 33.2 Å². The average molecular weight is 503 g/mol. The first kappa shape index (κ1) is 24.1. The number of aliphatic imine (C=N–C) groups is 1. The Bertz CT molecular complexity index is 720. The second kappa shape index (κ2) is 13.3. The monoisotopic (exact) mass is 503 g/mol. The minimum Gasteiger partial charge on any atom is -0.372 e. The lowest BCUT2D eigenvalue weighted by atomic mass is 10.2. The van der Waals surface area contributed by atoms with Gasteiger partial charge < -0.3 is 20.1 Å². The molecule has 9 heteroatoms. The molecule has 0 spiro atoms. The smallest absolute Gasteiger partial charge is 0.191 e. The Morgan fingerprint density at radius 3 is 2.75 bits per heavy atom. The maximum absolute atomic E-state index is 13.8. The Hall–Kier alpha value is -1.91. The summed E-state index contributed by atoms with van der Waals surface area (Å²) >= 11 is 0. The summed E-state index contributed by atoms with van der Waals surface area (Å²) in [4.78, 5) is 6.52. The molecule has 0 radical (unpaired) electrons. The SMILES string of the molecule is CCNC(=NCCCN(C)c1ccccc1F)NCCn1cnnc1CC.I. The highest BCUT2D eigenvalue weighted by Gasteiger charge is 2.06. The van der Waals surface area contributed by atoms with Gasteiger partial charge in [0.05, 0.1) is 5.69 Å². The third kappa shape index (κ3) is 7.61. The third-order valence-corrected chi connectivity index (χ3v) is 4.19. The lowest BCUT2D eigenvalue weighted by molar-refractivity contribution is 0.620. The molecular weight excluding hydrogens is 472 g/mol. The van der Waals surface area contributed by atoms with Crippen LogP contribution >= 0.6 is 24.0 Å². The van der Waals surface area contributed by atoms with E-state index in [0.29, 0.717) is 12.2 Å². The highest BCUT2D eigenvalue weighted by molar-refractivity contribution is 14.0. The van der Waals surface area contributed by atoms with Crippen molar-refractivity contribution in [1.82, 2.24) is 25.4 Å². The highest BCUT2D eigenvalue weighted by Crippen LogP contribution is 2.16. The van der Waals surface area contributed by atoms with Crippen LogP contribution in [0.3, 0.4) is 0 Å². The maximum Gasteiger partial charge on any atom is 0.191 e. The van der Waals surface area contributed by atoms with Gasteiger partial charge in [-0.3, -0.25) is 4.99 Å². The molecular formula is C19H31FIN7. The first-order chi connectivity index (χ1) is 13.2. The molecule has 0 aliphatic heterocycles. The van der Waals surface area contributed by atoms with Crippen LogP contribution in [0.5, 0.6) is 0 Å². The van der Waals surface area contributed by atoms with Crippen molar-refractivity contribution >= 4 is 35.6 Å². The van der Waals surface area contributed by atoms with E-state index in [0.717, 1.165) is 50.8 Å². The topological polar surface area (TPSA) is 70.4 Å². The molecule has 2 aromatic rings. The Morgan fingerprint density at radius 1 is 1.25 bits per heavy atom. The molecule has 0 saturated heterocycles. The number of halogens is 2. The molecule has 0 aliphatic rings. The number of nitrogens with one attached hydrogen (secondary N) is 2. The predicted molar refractivity (Wildman–Crippen MR) is 123 cm³/mol. The van der Waals surface area contributed by atoms with Gasteiger partial charge in [-0.15, -0.1) is 34.2 Å². The summed E-state index contributed by atoms with van der Waals surface area (Å²) in [7, 11) is 1.90. The summed E-state index contributed by atoms with van der Waals surface area (Å²) in [5.74, 6) is 1.58. The number of rotatable bonds is 10. The Balaban J connectivity index is 0.00000392. The Kier molecular flexibility index (Phi) is 11.5. The van der Waals surface area contributed by atoms with Crippen molar-refractivity contribution in [3.63, 3.8) is 0 Å². The zero-order valence-corrected chi connectivity index (χ0v) is 19.2. The number of aryl methyl sites for hydroxylation is 1. The van der Waals surface area contributed by atoms with E-state index in [1.165, 1.54) is 6.07 Å². The quantitative estimate of drug-likeness (QED) is 0.226. The molecule has 1 aromatic carbocycles. The molecule has 0 amide bonds. The average Bonchev–Trinajstić information content (AvgIpc) is 3.12. The van der Waals surface area contributed by atoms with Crippen LogP contribution in [-0.4, -0.2) is 54.0 Å². The first-order valence-electron chi connectivity index (χ1n) is 9.50. The molecule has 2 N–H and O–H groups in total. The second-order valence-electron chi connectivity index (χ2n) is 6.21. The fraction of sp³-hybridized carbons (Fsp3) is 0.526. The van der Waals surface area contributed by atoms with Gasteiger partial charge in [0.1, 0.15) is 18.0 Å². The van der Waals surface area contributed by atoms with Crippen LogP contribution in [-0.2, 0) is 13.0 Å². The highest BCUT2D eigenvalue weighted by atomic mass is 127. The molecule has 28 heavy (non-hydrogen) atoms. The maximum atomic E-state index is 13.8. The number of para-hydroxylation sites is 1. The first-order valence-corrected chi connectivity index (χ1v) is 9.50. The van der Waals surface area contributed by atoms with E-state index in [-0.39, 0.29) is 29.8 Å². The van der Waals surface area contributed by atoms with Crippen LogP contribution < -0.4 is 15.5 Å². The summed E-state index contributed by atoms with van der Waals surface area (Å²) in [5, 5.41) is 14.6. The van der Waals surface area contributed by atoms with Gasteiger partial charge in [0.15, 0.2) is 5.96 Å². The van der Waals surface area contributed by atoms with Gasteiger partial charge in [-0.1, -0.05) is 19.1 Å². The molecule has 7 nitrogen and oxygen atoms in total. The van der Waals surface area contributed by atoms with E-state index in [9.17, 15) is 4.39 Å². The fourth-order valence-electron chi connectivity index (χ4n) is 2.76. The molecule has 2 rings (SSSR count). The molecule has 0 saturated carbocycles. The summed E-state index contributed by atoms with van der Waals surface area (Å²) < 4.78 is 15.8.